The third-order valence-corrected chi connectivity index (χ3v) is 3.35. The third kappa shape index (κ3) is 2.75. The van der Waals surface area contributed by atoms with Crippen LogP contribution in [0, 0.1) is 0 Å². The molecule has 2 heteroatoms. The Kier molecular flexibility index (Phi) is 3.27. The monoisotopic (exact) mass is 194 g/mol. The molecule has 2 rings (SSSR count). The standard InChI is InChI=1S/C11H14OS/c1-2-4-10(5-3-1)8-12-11-6-7-13-9-11/h1-5,11H,6-9H2. The van der Waals surface area contributed by atoms with E-state index >= 15 is 0 Å². The van der Waals surface area contributed by atoms with Crippen LogP contribution in [0.25, 0.3) is 0 Å². The molecule has 0 amide bonds. The molecule has 70 valence electrons. The first-order valence-electron chi connectivity index (χ1n) is 4.68. The van der Waals surface area contributed by atoms with Crippen LogP contribution in [0.15, 0.2) is 30.3 Å². The minimum absolute atomic E-state index is 0.491. The summed E-state index contributed by atoms with van der Waals surface area (Å²) in [5.74, 6) is 2.44. The van der Waals surface area contributed by atoms with Gasteiger partial charge in [-0.25, -0.2) is 0 Å². The molecule has 1 aliphatic rings. The molecule has 0 N–H and O–H groups in total. The van der Waals surface area contributed by atoms with Crippen molar-refractivity contribution in [2.24, 2.45) is 0 Å². The van der Waals surface area contributed by atoms with Crippen LogP contribution in [0.5, 0.6) is 0 Å². The number of hydrogen-bond acceptors (Lipinski definition) is 2. The average Bonchev–Trinajstić information content (AvgIpc) is 2.69. The first-order chi connectivity index (χ1) is 6.45. The van der Waals surface area contributed by atoms with Gasteiger partial charge < -0.3 is 4.74 Å². The van der Waals surface area contributed by atoms with E-state index in [2.05, 4.69) is 24.3 Å². The molecule has 1 aromatic rings. The van der Waals surface area contributed by atoms with E-state index in [1.54, 1.807) is 0 Å². The van der Waals surface area contributed by atoms with E-state index in [9.17, 15) is 0 Å². The lowest BCUT2D eigenvalue weighted by Gasteiger charge is -2.09. The molecule has 1 aromatic carbocycles. The summed E-state index contributed by atoms with van der Waals surface area (Å²) < 4.78 is 5.77. The molecular weight excluding hydrogens is 180 g/mol. The van der Waals surface area contributed by atoms with Crippen LogP contribution < -0.4 is 0 Å². The summed E-state index contributed by atoms with van der Waals surface area (Å²) in [6.45, 7) is 0.770. The van der Waals surface area contributed by atoms with Crippen molar-refractivity contribution in [2.75, 3.05) is 11.5 Å². The smallest absolute Gasteiger partial charge is 0.0721 e. The predicted octanol–water partition coefficient (Wildman–Crippen LogP) is 2.71. The van der Waals surface area contributed by atoms with Crippen molar-refractivity contribution in [3.05, 3.63) is 35.9 Å². The van der Waals surface area contributed by atoms with Gasteiger partial charge in [-0.15, -0.1) is 0 Å². The molecule has 1 heterocycles. The van der Waals surface area contributed by atoms with Crippen LogP contribution in [0.3, 0.4) is 0 Å². The fourth-order valence-electron chi connectivity index (χ4n) is 1.43. The van der Waals surface area contributed by atoms with E-state index in [1.807, 2.05) is 17.8 Å². The van der Waals surface area contributed by atoms with E-state index in [1.165, 1.54) is 23.5 Å². The Morgan fingerprint density at radius 2 is 2.15 bits per heavy atom. The molecule has 1 aliphatic heterocycles. The molecule has 1 unspecified atom stereocenters. The van der Waals surface area contributed by atoms with Crippen LogP contribution in [0.1, 0.15) is 12.0 Å². The van der Waals surface area contributed by atoms with Gasteiger partial charge in [0, 0.05) is 5.75 Å². The number of hydrogen-bond donors (Lipinski definition) is 0. The maximum atomic E-state index is 5.77. The van der Waals surface area contributed by atoms with Gasteiger partial charge in [0.1, 0.15) is 0 Å². The molecule has 0 radical (unpaired) electrons. The van der Waals surface area contributed by atoms with Gasteiger partial charge in [-0.3, -0.25) is 0 Å². The second-order valence-electron chi connectivity index (χ2n) is 3.28. The molecule has 0 saturated carbocycles. The molecule has 0 spiro atoms. The first kappa shape index (κ1) is 9.10. The number of thioether (sulfide) groups is 1. The maximum Gasteiger partial charge on any atom is 0.0721 e. The van der Waals surface area contributed by atoms with E-state index in [-0.39, 0.29) is 0 Å². The average molecular weight is 194 g/mol. The van der Waals surface area contributed by atoms with E-state index in [4.69, 9.17) is 4.74 Å². The highest BCUT2D eigenvalue weighted by Gasteiger charge is 2.15. The van der Waals surface area contributed by atoms with Crippen molar-refractivity contribution in [3.63, 3.8) is 0 Å². The lowest BCUT2D eigenvalue weighted by atomic mass is 10.2. The highest BCUT2D eigenvalue weighted by Crippen LogP contribution is 2.20. The number of rotatable bonds is 3. The molecule has 1 nitrogen and oxygen atoms in total. The minimum atomic E-state index is 0.491. The lowest BCUT2D eigenvalue weighted by molar-refractivity contribution is 0.0583. The minimum Gasteiger partial charge on any atom is -0.373 e. The van der Waals surface area contributed by atoms with Gasteiger partial charge in [0.2, 0.25) is 0 Å². The topological polar surface area (TPSA) is 9.23 Å². The predicted molar refractivity (Wildman–Crippen MR) is 57.0 cm³/mol. The molecule has 0 aromatic heterocycles. The van der Waals surface area contributed by atoms with Gasteiger partial charge in [0.15, 0.2) is 0 Å². The van der Waals surface area contributed by atoms with Gasteiger partial charge in [0.25, 0.3) is 0 Å². The molecule has 1 fully saturated rings. The Labute approximate surface area is 83.5 Å². The Morgan fingerprint density at radius 1 is 1.31 bits per heavy atom. The van der Waals surface area contributed by atoms with Crippen LogP contribution in [0.4, 0.5) is 0 Å². The molecule has 1 saturated heterocycles. The second-order valence-corrected chi connectivity index (χ2v) is 4.43. The summed E-state index contributed by atoms with van der Waals surface area (Å²) in [7, 11) is 0. The van der Waals surface area contributed by atoms with Gasteiger partial charge in [-0.1, -0.05) is 30.3 Å². The quantitative estimate of drug-likeness (QED) is 0.731. The van der Waals surface area contributed by atoms with Crippen LogP contribution in [-0.4, -0.2) is 17.6 Å². The van der Waals surface area contributed by atoms with Crippen LogP contribution in [0.2, 0.25) is 0 Å². The van der Waals surface area contributed by atoms with Gasteiger partial charge in [0.05, 0.1) is 12.7 Å². The van der Waals surface area contributed by atoms with Crippen LogP contribution in [-0.2, 0) is 11.3 Å². The van der Waals surface area contributed by atoms with E-state index < -0.39 is 0 Å². The highest BCUT2D eigenvalue weighted by molar-refractivity contribution is 7.99. The molecular formula is C11H14OS. The number of benzene rings is 1. The Morgan fingerprint density at radius 3 is 2.85 bits per heavy atom. The van der Waals surface area contributed by atoms with Crippen LogP contribution >= 0.6 is 11.8 Å². The summed E-state index contributed by atoms with van der Waals surface area (Å²) in [6, 6.07) is 10.4. The summed E-state index contributed by atoms with van der Waals surface area (Å²) in [5, 5.41) is 0. The van der Waals surface area contributed by atoms with Crippen molar-refractivity contribution < 1.29 is 4.74 Å². The lowest BCUT2D eigenvalue weighted by Crippen LogP contribution is -2.10. The number of ether oxygens (including phenoxy) is 1. The zero-order valence-corrected chi connectivity index (χ0v) is 8.43. The highest BCUT2D eigenvalue weighted by atomic mass is 32.2. The van der Waals surface area contributed by atoms with Crippen molar-refractivity contribution in [1.82, 2.24) is 0 Å². The van der Waals surface area contributed by atoms with Gasteiger partial charge >= 0.3 is 0 Å². The third-order valence-electron chi connectivity index (χ3n) is 2.22. The Hall–Kier alpha value is -0.470. The summed E-state index contributed by atoms with van der Waals surface area (Å²) in [5.41, 5.74) is 1.28. The Bertz CT molecular complexity index is 242. The molecule has 0 aliphatic carbocycles. The molecule has 0 bridgehead atoms. The van der Waals surface area contributed by atoms with Gasteiger partial charge in [-0.2, -0.15) is 11.8 Å². The van der Waals surface area contributed by atoms with Crippen molar-refractivity contribution >= 4 is 11.8 Å². The summed E-state index contributed by atoms with van der Waals surface area (Å²) >= 11 is 1.99. The SMILES string of the molecule is c1ccc(COC2CCSC2)cc1. The molecule has 1 atom stereocenters. The Balaban J connectivity index is 1.79. The van der Waals surface area contributed by atoms with E-state index in [0.717, 1.165) is 6.61 Å². The van der Waals surface area contributed by atoms with Gasteiger partial charge in [-0.05, 0) is 17.7 Å². The zero-order chi connectivity index (χ0) is 8.93. The summed E-state index contributed by atoms with van der Waals surface area (Å²) in [4.78, 5) is 0. The first-order valence-corrected chi connectivity index (χ1v) is 5.84. The maximum absolute atomic E-state index is 5.77. The van der Waals surface area contributed by atoms with Crippen molar-refractivity contribution in [1.29, 1.82) is 0 Å². The van der Waals surface area contributed by atoms with Crippen molar-refractivity contribution in [2.45, 2.75) is 19.1 Å². The normalized spacial score (nSPS) is 22.0. The van der Waals surface area contributed by atoms with E-state index in [0.29, 0.717) is 6.10 Å². The summed E-state index contributed by atoms with van der Waals surface area (Å²) in [6.07, 6.45) is 1.71. The second kappa shape index (κ2) is 4.68. The largest absolute Gasteiger partial charge is 0.373 e. The fraction of sp³-hybridized carbons (Fsp3) is 0.455. The molecule has 13 heavy (non-hydrogen) atoms. The zero-order valence-electron chi connectivity index (χ0n) is 7.61. The fourth-order valence-corrected chi connectivity index (χ4v) is 2.55. The van der Waals surface area contributed by atoms with Crippen molar-refractivity contribution in [3.8, 4) is 0 Å².